The van der Waals surface area contributed by atoms with Crippen molar-refractivity contribution in [3.05, 3.63) is 89.2 Å². The number of nitrogens with one attached hydrogen (secondary N) is 1. The summed E-state index contributed by atoms with van der Waals surface area (Å²) in [5, 5.41) is 18.7. The first-order valence-electron chi connectivity index (χ1n) is 12.1. The van der Waals surface area contributed by atoms with Gasteiger partial charge in [-0.1, -0.05) is 49.4 Å². The van der Waals surface area contributed by atoms with Crippen molar-refractivity contribution in [2.45, 2.75) is 25.1 Å². The molecule has 0 aromatic heterocycles. The van der Waals surface area contributed by atoms with Crippen LogP contribution in [0.2, 0.25) is 0 Å². The van der Waals surface area contributed by atoms with Crippen molar-refractivity contribution in [2.24, 2.45) is 5.10 Å². The minimum Gasteiger partial charge on any atom is -0.507 e. The smallest absolute Gasteiger partial charge is 0.279 e. The third kappa shape index (κ3) is 6.08. The third-order valence-corrected chi connectivity index (χ3v) is 6.99. The van der Waals surface area contributed by atoms with Gasteiger partial charge in [-0.25, -0.2) is 9.40 Å². The summed E-state index contributed by atoms with van der Waals surface area (Å²) in [5.74, 6) is -0.662. The van der Waals surface area contributed by atoms with E-state index < -0.39 is 11.3 Å². The highest BCUT2D eigenvalue weighted by atomic mass is 32.2. The van der Waals surface area contributed by atoms with Gasteiger partial charge in [-0.3, -0.25) is 9.59 Å². The molecule has 198 valence electrons. The first-order valence-corrected chi connectivity index (χ1v) is 13.0. The van der Waals surface area contributed by atoms with E-state index in [2.05, 4.69) is 10.4 Å². The lowest BCUT2D eigenvalue weighted by molar-refractivity contribution is -0.123. The second-order valence-electron chi connectivity index (χ2n) is 8.42. The molecule has 0 fully saturated rings. The number of methoxy groups -OCH3 is 1. The number of hydrogen-bond acceptors (Lipinski definition) is 7. The van der Waals surface area contributed by atoms with Gasteiger partial charge < -0.3 is 19.9 Å². The number of carbonyl (C=O) groups is 2. The highest BCUT2D eigenvalue weighted by molar-refractivity contribution is 8.14. The molecule has 0 bridgehead atoms. The second-order valence-corrected chi connectivity index (χ2v) is 9.49. The number of aromatic hydroxyl groups is 1. The molecule has 10 heteroatoms. The first kappa shape index (κ1) is 27.0. The highest BCUT2D eigenvalue weighted by Gasteiger charge is 2.37. The Bertz CT molecular complexity index is 1330. The zero-order chi connectivity index (χ0) is 27.1. The average molecular weight is 538 g/mol. The van der Waals surface area contributed by atoms with Crippen LogP contribution < -0.4 is 14.8 Å². The Balaban J connectivity index is 1.67. The number of hydrogen-bond donors (Lipinski definition) is 2. The van der Waals surface area contributed by atoms with Crippen LogP contribution in [0, 0.1) is 5.82 Å². The summed E-state index contributed by atoms with van der Waals surface area (Å²) < 4.78 is 25.0. The van der Waals surface area contributed by atoms with Gasteiger partial charge >= 0.3 is 0 Å². The number of carbonyl (C=O) groups excluding carboxylic acids is 2. The van der Waals surface area contributed by atoms with E-state index in [4.69, 9.17) is 9.47 Å². The van der Waals surface area contributed by atoms with E-state index >= 15 is 0 Å². The summed E-state index contributed by atoms with van der Waals surface area (Å²) in [6, 6.07) is 17.2. The molecular formula is C28H28FN3O5S. The van der Waals surface area contributed by atoms with E-state index in [1.807, 2.05) is 6.92 Å². The number of phenolic OH excluding ortho intramolecular Hbond substituents is 1. The largest absolute Gasteiger partial charge is 0.507 e. The first-order chi connectivity index (χ1) is 18.4. The van der Waals surface area contributed by atoms with Crippen molar-refractivity contribution in [2.75, 3.05) is 20.3 Å². The number of phenols is 1. The Morgan fingerprint density at radius 3 is 2.58 bits per heavy atom. The van der Waals surface area contributed by atoms with Crippen molar-refractivity contribution in [3.8, 4) is 17.2 Å². The van der Waals surface area contributed by atoms with E-state index in [0.717, 1.165) is 12.8 Å². The summed E-state index contributed by atoms with van der Waals surface area (Å²) in [7, 11) is 1.48. The van der Waals surface area contributed by atoms with Crippen LogP contribution in [-0.2, 0) is 4.79 Å². The third-order valence-electron chi connectivity index (χ3n) is 5.77. The topological polar surface area (TPSA) is 100 Å². The van der Waals surface area contributed by atoms with E-state index in [0.29, 0.717) is 34.2 Å². The summed E-state index contributed by atoms with van der Waals surface area (Å²) in [6.45, 7) is 2.42. The van der Waals surface area contributed by atoms with Crippen molar-refractivity contribution < 1.29 is 28.6 Å². The zero-order valence-corrected chi connectivity index (χ0v) is 21.8. The predicted molar refractivity (Wildman–Crippen MR) is 144 cm³/mol. The number of thioether (sulfide) groups is 1. The summed E-state index contributed by atoms with van der Waals surface area (Å²) >= 11 is 1.27. The number of nitrogens with zero attached hydrogens (tertiary/aromatic N) is 2. The van der Waals surface area contributed by atoms with Crippen LogP contribution in [0.3, 0.4) is 0 Å². The lowest BCUT2D eigenvalue weighted by Crippen LogP contribution is -2.29. The van der Waals surface area contributed by atoms with E-state index in [1.165, 1.54) is 48.1 Å². The predicted octanol–water partition coefficient (Wildman–Crippen LogP) is 5.08. The minimum atomic E-state index is -0.695. The number of unbranched alkanes of at least 4 members (excludes halogenated alkanes) is 1. The van der Waals surface area contributed by atoms with Gasteiger partial charge in [0, 0.05) is 17.7 Å². The molecule has 0 aliphatic carbocycles. The van der Waals surface area contributed by atoms with Gasteiger partial charge in [-0.05, 0) is 48.9 Å². The molecule has 4 rings (SSSR count). The fraction of sp³-hybridized carbons (Fsp3) is 0.250. The maximum atomic E-state index is 13.6. The SMILES string of the molecule is CCCCNC(=O)COc1cccc(C2SC(c3ccc(F)cc3)=NN2C(=O)c2ccccc2O)c1OC. The normalized spacial score (nSPS) is 14.7. The molecule has 1 atom stereocenters. The Morgan fingerprint density at radius 1 is 1.11 bits per heavy atom. The molecule has 0 saturated carbocycles. The molecule has 1 unspecified atom stereocenters. The van der Waals surface area contributed by atoms with Crippen molar-refractivity contribution in [1.82, 2.24) is 10.3 Å². The van der Waals surface area contributed by atoms with Crippen LogP contribution in [0.1, 0.15) is 46.6 Å². The number of hydrazone groups is 1. The number of amides is 2. The molecule has 2 N–H and O–H groups in total. The van der Waals surface area contributed by atoms with Crippen molar-refractivity contribution in [1.29, 1.82) is 0 Å². The molecule has 3 aromatic carbocycles. The summed E-state index contributed by atoms with van der Waals surface area (Å²) in [5.41, 5.74) is 1.28. The summed E-state index contributed by atoms with van der Waals surface area (Å²) in [4.78, 5) is 25.8. The Kier molecular flexibility index (Phi) is 8.85. The molecule has 38 heavy (non-hydrogen) atoms. The van der Waals surface area contributed by atoms with Gasteiger partial charge in [0.1, 0.15) is 22.0 Å². The highest BCUT2D eigenvalue weighted by Crippen LogP contribution is 2.47. The average Bonchev–Trinajstić information content (AvgIpc) is 3.37. The van der Waals surface area contributed by atoms with E-state index in [-0.39, 0.29) is 29.6 Å². The van der Waals surface area contributed by atoms with Crippen LogP contribution in [0.5, 0.6) is 17.2 Å². The van der Waals surface area contributed by atoms with Gasteiger partial charge in [0.25, 0.3) is 11.8 Å². The fourth-order valence-electron chi connectivity index (χ4n) is 3.83. The maximum absolute atomic E-state index is 13.6. The zero-order valence-electron chi connectivity index (χ0n) is 21.0. The minimum absolute atomic E-state index is 0.0809. The molecule has 3 aromatic rings. The number of para-hydroxylation sites is 2. The standard InChI is InChI=1S/C28H28FN3O5S/c1-3-4-16-30-24(34)17-37-23-11-7-9-21(25(23)36-2)28-32(27(35)20-8-5-6-10-22(20)33)31-26(38-28)18-12-14-19(29)15-13-18/h5-15,28,33H,3-4,16-17H2,1-2H3,(H,30,34). The molecule has 1 aliphatic heterocycles. The quantitative estimate of drug-likeness (QED) is 0.350. The fourth-order valence-corrected chi connectivity index (χ4v) is 5.01. The van der Waals surface area contributed by atoms with Gasteiger partial charge in [-0.15, -0.1) is 0 Å². The molecule has 1 aliphatic rings. The molecule has 0 saturated heterocycles. The number of ether oxygens (including phenoxy) is 2. The van der Waals surface area contributed by atoms with Gasteiger partial charge in [-0.2, -0.15) is 5.10 Å². The number of benzene rings is 3. The Hall–Kier alpha value is -4.05. The Labute approximate surface area is 224 Å². The van der Waals surface area contributed by atoms with Crippen molar-refractivity contribution >= 4 is 28.6 Å². The monoisotopic (exact) mass is 537 g/mol. The van der Waals surface area contributed by atoms with Crippen LogP contribution in [0.25, 0.3) is 0 Å². The number of rotatable bonds is 10. The van der Waals surface area contributed by atoms with Crippen LogP contribution in [0.4, 0.5) is 4.39 Å². The molecule has 0 radical (unpaired) electrons. The van der Waals surface area contributed by atoms with Crippen LogP contribution >= 0.6 is 11.8 Å². The maximum Gasteiger partial charge on any atom is 0.279 e. The molecule has 2 amide bonds. The molecular weight excluding hydrogens is 509 g/mol. The lowest BCUT2D eigenvalue weighted by atomic mass is 10.1. The van der Waals surface area contributed by atoms with Crippen molar-refractivity contribution in [3.63, 3.8) is 0 Å². The van der Waals surface area contributed by atoms with Gasteiger partial charge in [0.2, 0.25) is 0 Å². The Morgan fingerprint density at radius 2 is 1.87 bits per heavy atom. The second kappa shape index (κ2) is 12.5. The lowest BCUT2D eigenvalue weighted by Gasteiger charge is -2.24. The van der Waals surface area contributed by atoms with Gasteiger partial charge in [0.05, 0.1) is 12.7 Å². The number of halogens is 1. The van der Waals surface area contributed by atoms with E-state index in [9.17, 15) is 19.1 Å². The molecule has 0 spiro atoms. The molecule has 8 nitrogen and oxygen atoms in total. The van der Waals surface area contributed by atoms with E-state index in [1.54, 1.807) is 42.5 Å². The van der Waals surface area contributed by atoms with Crippen LogP contribution in [-0.4, -0.2) is 47.2 Å². The van der Waals surface area contributed by atoms with Gasteiger partial charge in [0.15, 0.2) is 18.1 Å². The summed E-state index contributed by atoms with van der Waals surface area (Å²) in [6.07, 6.45) is 1.84. The molecule has 1 heterocycles. The van der Waals surface area contributed by atoms with Crippen LogP contribution in [0.15, 0.2) is 71.8 Å².